The maximum absolute atomic E-state index is 8.98. The summed E-state index contributed by atoms with van der Waals surface area (Å²) in [5.74, 6) is 1.23. The number of rotatable bonds is 12. The number of aliphatic imine (C=N–C) groups is 1. The molecule has 0 radical (unpaired) electrons. The van der Waals surface area contributed by atoms with Crippen LogP contribution in [-0.2, 0) is 0 Å². The monoisotopic (exact) mass is 268 g/mol. The first-order valence-corrected chi connectivity index (χ1v) is 8.27. The van der Waals surface area contributed by atoms with Crippen molar-refractivity contribution in [3.05, 3.63) is 0 Å². The smallest absolute Gasteiger partial charge is 0.0991 e. The summed E-state index contributed by atoms with van der Waals surface area (Å²) in [7, 11) is 0. The summed E-state index contributed by atoms with van der Waals surface area (Å²) < 4.78 is 0. The van der Waals surface area contributed by atoms with Crippen LogP contribution in [0.1, 0.15) is 71.1 Å². The van der Waals surface area contributed by atoms with Crippen LogP contribution in [0.5, 0.6) is 0 Å². The maximum atomic E-state index is 8.98. The molecule has 3 heteroatoms. The summed E-state index contributed by atoms with van der Waals surface area (Å²) in [4.78, 5) is 6.78. The number of amidine groups is 1. The molecule has 1 aliphatic rings. The summed E-state index contributed by atoms with van der Waals surface area (Å²) in [6.07, 6.45) is 13.5. The molecule has 1 N–H and O–H groups in total. The second-order valence-corrected chi connectivity index (χ2v) is 5.59. The number of nitrogens with zero attached hydrogens (tertiary/aromatic N) is 2. The fraction of sp³-hybridized carbons (Fsp3) is 0.938. The molecule has 1 heterocycles. The molecule has 1 aliphatic heterocycles. The molecule has 1 rings (SSSR count). The van der Waals surface area contributed by atoms with E-state index in [0.29, 0.717) is 0 Å². The average Bonchev–Trinajstić information content (AvgIpc) is 2.85. The van der Waals surface area contributed by atoms with Gasteiger partial charge in [-0.1, -0.05) is 58.3 Å². The van der Waals surface area contributed by atoms with E-state index in [9.17, 15) is 0 Å². The van der Waals surface area contributed by atoms with Gasteiger partial charge < -0.3 is 10.0 Å². The number of aliphatic hydroxyl groups is 1. The molecule has 0 atom stereocenters. The molecule has 0 aliphatic carbocycles. The minimum Gasteiger partial charge on any atom is -0.395 e. The Labute approximate surface area is 119 Å². The second kappa shape index (κ2) is 11.3. The normalized spacial score (nSPS) is 15.1. The van der Waals surface area contributed by atoms with Crippen molar-refractivity contribution in [1.29, 1.82) is 0 Å². The quantitative estimate of drug-likeness (QED) is 0.549. The van der Waals surface area contributed by atoms with Crippen LogP contribution in [0.4, 0.5) is 0 Å². The Morgan fingerprint density at radius 3 is 2.26 bits per heavy atom. The lowest BCUT2D eigenvalue weighted by molar-refractivity contribution is 0.255. The predicted molar refractivity (Wildman–Crippen MR) is 82.8 cm³/mol. The molecule has 0 aromatic carbocycles. The average molecular weight is 268 g/mol. The van der Waals surface area contributed by atoms with Crippen LogP contribution < -0.4 is 0 Å². The molecule has 112 valence electrons. The van der Waals surface area contributed by atoms with Crippen LogP contribution >= 0.6 is 0 Å². The van der Waals surface area contributed by atoms with Gasteiger partial charge in [0.2, 0.25) is 0 Å². The van der Waals surface area contributed by atoms with Crippen molar-refractivity contribution in [2.24, 2.45) is 4.99 Å². The zero-order chi connectivity index (χ0) is 13.8. The van der Waals surface area contributed by atoms with E-state index in [1.165, 1.54) is 63.6 Å². The van der Waals surface area contributed by atoms with Crippen LogP contribution in [0.2, 0.25) is 0 Å². The fourth-order valence-electron chi connectivity index (χ4n) is 2.72. The van der Waals surface area contributed by atoms with Crippen LogP contribution in [0.3, 0.4) is 0 Å². The molecule has 0 aromatic rings. The Kier molecular flexibility index (Phi) is 9.78. The Hall–Kier alpha value is -0.570. The number of aliphatic hydroxyl groups excluding tert-OH is 1. The topological polar surface area (TPSA) is 35.8 Å². The van der Waals surface area contributed by atoms with E-state index in [1.807, 2.05) is 0 Å². The van der Waals surface area contributed by atoms with Gasteiger partial charge in [-0.2, -0.15) is 0 Å². The first-order valence-electron chi connectivity index (χ1n) is 8.27. The number of hydrogen-bond acceptors (Lipinski definition) is 3. The van der Waals surface area contributed by atoms with Crippen molar-refractivity contribution >= 4 is 5.84 Å². The molecular formula is C16H32N2O. The van der Waals surface area contributed by atoms with Crippen LogP contribution in [0.15, 0.2) is 4.99 Å². The predicted octanol–water partition coefficient (Wildman–Crippen LogP) is 3.61. The largest absolute Gasteiger partial charge is 0.395 e. The summed E-state index contributed by atoms with van der Waals surface area (Å²) in [6.45, 7) is 5.21. The molecule has 0 bridgehead atoms. The first kappa shape index (κ1) is 16.5. The Morgan fingerprint density at radius 1 is 1.00 bits per heavy atom. The molecule has 0 fully saturated rings. The highest BCUT2D eigenvalue weighted by atomic mass is 16.3. The van der Waals surface area contributed by atoms with Gasteiger partial charge >= 0.3 is 0 Å². The number of unbranched alkanes of at least 4 members (excludes halogenated alkanes) is 8. The summed E-state index contributed by atoms with van der Waals surface area (Å²) >= 11 is 0. The van der Waals surface area contributed by atoms with E-state index in [0.717, 1.165) is 26.1 Å². The molecule has 0 saturated heterocycles. The zero-order valence-corrected chi connectivity index (χ0v) is 12.7. The minimum absolute atomic E-state index is 0.247. The Balaban J connectivity index is 1.90. The van der Waals surface area contributed by atoms with Crippen molar-refractivity contribution in [3.63, 3.8) is 0 Å². The summed E-state index contributed by atoms with van der Waals surface area (Å²) in [5, 5.41) is 8.98. The van der Waals surface area contributed by atoms with E-state index < -0.39 is 0 Å². The van der Waals surface area contributed by atoms with E-state index in [4.69, 9.17) is 5.11 Å². The van der Waals surface area contributed by atoms with Crippen molar-refractivity contribution in [1.82, 2.24) is 4.90 Å². The van der Waals surface area contributed by atoms with Gasteiger partial charge in [-0.3, -0.25) is 4.99 Å². The van der Waals surface area contributed by atoms with Gasteiger partial charge in [0, 0.05) is 19.5 Å². The van der Waals surface area contributed by atoms with Crippen molar-refractivity contribution in [2.75, 3.05) is 26.2 Å². The lowest BCUT2D eigenvalue weighted by Gasteiger charge is -2.18. The zero-order valence-electron chi connectivity index (χ0n) is 12.7. The highest BCUT2D eigenvalue weighted by Crippen LogP contribution is 2.13. The third-order valence-corrected chi connectivity index (χ3v) is 3.90. The van der Waals surface area contributed by atoms with E-state index >= 15 is 0 Å². The minimum atomic E-state index is 0.247. The number of β-amino-alcohol motifs (C(OH)–C–C–N with tert-alkyl or cyclic N) is 1. The molecule has 0 unspecified atom stereocenters. The number of hydrogen-bond donors (Lipinski definition) is 1. The van der Waals surface area contributed by atoms with Crippen molar-refractivity contribution < 1.29 is 5.11 Å². The molecule has 3 nitrogen and oxygen atoms in total. The third-order valence-electron chi connectivity index (χ3n) is 3.90. The highest BCUT2D eigenvalue weighted by Gasteiger charge is 2.14. The Bertz CT molecular complexity index is 241. The van der Waals surface area contributed by atoms with Gasteiger partial charge in [-0.05, 0) is 6.42 Å². The highest BCUT2D eigenvalue weighted by molar-refractivity contribution is 5.83. The van der Waals surface area contributed by atoms with Gasteiger partial charge in [-0.15, -0.1) is 0 Å². The molecular weight excluding hydrogens is 236 g/mol. The standard InChI is InChI=1S/C16H32N2O/c1-2-3-4-5-6-7-8-9-10-11-16-17-12-13-18(16)14-15-19/h19H,2-15H2,1H3. The van der Waals surface area contributed by atoms with Crippen LogP contribution in [0.25, 0.3) is 0 Å². The van der Waals surface area contributed by atoms with E-state index in [2.05, 4.69) is 16.8 Å². The van der Waals surface area contributed by atoms with E-state index in [-0.39, 0.29) is 6.61 Å². The SMILES string of the molecule is CCCCCCCCCCCC1=NCCN1CCO. The van der Waals surface area contributed by atoms with Gasteiger partial charge in [0.15, 0.2) is 0 Å². The van der Waals surface area contributed by atoms with Crippen molar-refractivity contribution in [2.45, 2.75) is 71.1 Å². The third kappa shape index (κ3) is 7.56. The van der Waals surface area contributed by atoms with Crippen molar-refractivity contribution in [3.8, 4) is 0 Å². The second-order valence-electron chi connectivity index (χ2n) is 5.59. The fourth-order valence-corrected chi connectivity index (χ4v) is 2.72. The van der Waals surface area contributed by atoms with Crippen LogP contribution in [0, 0.1) is 0 Å². The van der Waals surface area contributed by atoms with Crippen LogP contribution in [-0.4, -0.2) is 42.1 Å². The lowest BCUT2D eigenvalue weighted by Crippen LogP contribution is -2.30. The maximum Gasteiger partial charge on any atom is 0.0991 e. The van der Waals surface area contributed by atoms with Gasteiger partial charge in [-0.25, -0.2) is 0 Å². The van der Waals surface area contributed by atoms with Gasteiger partial charge in [0.25, 0.3) is 0 Å². The molecule has 0 spiro atoms. The van der Waals surface area contributed by atoms with E-state index in [1.54, 1.807) is 0 Å². The van der Waals surface area contributed by atoms with Gasteiger partial charge in [0.1, 0.15) is 0 Å². The molecule has 0 aromatic heterocycles. The molecule has 0 amide bonds. The summed E-state index contributed by atoms with van der Waals surface area (Å²) in [5.41, 5.74) is 0. The Morgan fingerprint density at radius 2 is 1.63 bits per heavy atom. The van der Waals surface area contributed by atoms with Gasteiger partial charge in [0.05, 0.1) is 19.0 Å². The first-order chi connectivity index (χ1) is 9.38. The summed E-state index contributed by atoms with van der Waals surface area (Å²) in [6, 6.07) is 0. The molecule has 19 heavy (non-hydrogen) atoms. The lowest BCUT2D eigenvalue weighted by atomic mass is 10.1. The molecule has 0 saturated carbocycles.